The first-order valence-corrected chi connectivity index (χ1v) is 24.5. The second kappa shape index (κ2) is 17.0. The van der Waals surface area contributed by atoms with Gasteiger partial charge in [-0.05, 0) is 110 Å². The maximum Gasteiger partial charge on any atom is 0.338 e. The molecule has 1 unspecified atom stereocenters. The summed E-state index contributed by atoms with van der Waals surface area (Å²) in [5.74, 6) is -0.0569. The van der Waals surface area contributed by atoms with Crippen LogP contribution in [0.15, 0.2) is 48.5 Å². The molecule has 0 aliphatic heterocycles. The second-order valence-electron chi connectivity index (χ2n) is 17.3. The number of hydrogen-bond acceptors (Lipinski definition) is 5. The van der Waals surface area contributed by atoms with Crippen molar-refractivity contribution in [1.82, 2.24) is 0 Å². The van der Waals surface area contributed by atoms with Crippen molar-refractivity contribution in [2.24, 2.45) is 5.92 Å². The van der Waals surface area contributed by atoms with Gasteiger partial charge in [-0.15, -0.1) is 0 Å². The molecule has 0 spiro atoms. The quantitative estimate of drug-likeness (QED) is 0.107. The topological polar surface area (TPSA) is 65.0 Å². The summed E-state index contributed by atoms with van der Waals surface area (Å²) in [5.41, 5.74) is 4.24. The number of carbonyl (C=O) groups is 1. The summed E-state index contributed by atoms with van der Waals surface area (Å²) in [7, 11) is -4.03. The van der Waals surface area contributed by atoms with Crippen LogP contribution in [0.5, 0.6) is 0 Å². The third-order valence-electron chi connectivity index (χ3n) is 11.5. The second-order valence-corrected chi connectivity index (χ2v) is 26.8. The molecule has 1 aliphatic carbocycles. The van der Waals surface area contributed by atoms with Crippen molar-refractivity contribution in [3.63, 3.8) is 0 Å². The molecule has 7 heteroatoms. The number of carbonyl (C=O) groups excluding carboxylic acids is 1. The van der Waals surface area contributed by atoms with Gasteiger partial charge in [-0.25, -0.2) is 4.79 Å². The Balaban J connectivity index is 1.89. The van der Waals surface area contributed by atoms with Crippen molar-refractivity contribution < 1.29 is 23.5 Å². The predicted molar refractivity (Wildman–Crippen MR) is 206 cm³/mol. The lowest BCUT2D eigenvalue weighted by Crippen LogP contribution is -2.44. The molecule has 1 N–H and O–H groups in total. The van der Waals surface area contributed by atoms with E-state index in [1.54, 1.807) is 0 Å². The van der Waals surface area contributed by atoms with Gasteiger partial charge in [0.15, 0.2) is 16.6 Å². The molecule has 0 radical (unpaired) electrons. The van der Waals surface area contributed by atoms with Gasteiger partial charge in [0.1, 0.15) is 0 Å². The van der Waals surface area contributed by atoms with Crippen molar-refractivity contribution in [2.45, 2.75) is 167 Å². The van der Waals surface area contributed by atoms with Gasteiger partial charge in [-0.2, -0.15) is 0 Å². The zero-order valence-corrected chi connectivity index (χ0v) is 34.4. The van der Waals surface area contributed by atoms with Gasteiger partial charge in [-0.3, -0.25) is 0 Å². The van der Waals surface area contributed by atoms with E-state index in [4.69, 9.17) is 13.6 Å². The highest BCUT2D eigenvalue weighted by Crippen LogP contribution is 2.48. The van der Waals surface area contributed by atoms with E-state index in [0.717, 1.165) is 31.2 Å². The molecule has 1 saturated carbocycles. The summed E-state index contributed by atoms with van der Waals surface area (Å²) in [6.45, 7) is 27.6. The zero-order chi connectivity index (χ0) is 35.9. The molecule has 0 saturated heterocycles. The molecule has 2 aromatic carbocycles. The average Bonchev–Trinajstić information content (AvgIpc) is 3.29. The fourth-order valence-corrected chi connectivity index (χ4v) is 9.21. The first kappa shape index (κ1) is 40.7. The predicted octanol–water partition coefficient (Wildman–Crippen LogP) is 11.4. The van der Waals surface area contributed by atoms with Crippen molar-refractivity contribution in [2.75, 3.05) is 6.61 Å². The average molecular weight is 697 g/mol. The summed E-state index contributed by atoms with van der Waals surface area (Å²) < 4.78 is 19.4. The fraction of sp³-hybridized carbons (Fsp3) is 0.683. The molecule has 0 heterocycles. The van der Waals surface area contributed by atoms with Crippen LogP contribution in [0.1, 0.15) is 139 Å². The Morgan fingerprint density at radius 3 is 2.12 bits per heavy atom. The first-order valence-electron chi connectivity index (χ1n) is 18.7. The van der Waals surface area contributed by atoms with Crippen LogP contribution in [0, 0.1) is 5.92 Å². The number of aliphatic hydroxyl groups excluding tert-OH is 1. The van der Waals surface area contributed by atoms with Gasteiger partial charge in [-0.1, -0.05) is 104 Å². The number of aliphatic hydroxyl groups is 1. The standard InChI is InChI=1S/C41H68O5Si2/c1-13-15-16-23-36(45-47(9,10)40(3,4)5)31-24-26-32(27-25-31)38-34(35(42)29-37(38)46-48(11,12)41(6,7)8)22-18-20-30-19-17-21-33(28-30)39(43)44-14-2/h17,19,21,24-28,34-38,42H,13-16,18,20,22-23,29H2,1-12H3/t34-,35-,36?,37+,38+/m0/s1. The van der Waals surface area contributed by atoms with Crippen LogP contribution in [-0.2, 0) is 20.0 Å². The van der Waals surface area contributed by atoms with Crippen molar-refractivity contribution in [3.05, 3.63) is 70.8 Å². The minimum absolute atomic E-state index is 0.0206. The number of esters is 1. The lowest BCUT2D eigenvalue weighted by Gasteiger charge is -2.40. The number of unbranched alkanes of at least 4 members (excludes halogenated alkanes) is 2. The SMILES string of the molecule is CCCCCC(O[Si](C)(C)C(C)(C)C)c1ccc([C@@H]2[C@@H](CCCc3cccc(C(=O)OCC)c3)[C@@H](O)C[C@H]2O[Si](C)(C)C(C)(C)C)cc1. The van der Waals surface area contributed by atoms with E-state index in [0.29, 0.717) is 18.6 Å². The van der Waals surface area contributed by atoms with Crippen LogP contribution < -0.4 is 0 Å². The molecule has 5 nitrogen and oxygen atoms in total. The molecule has 1 aliphatic rings. The number of benzene rings is 2. The fourth-order valence-electron chi connectivity index (χ4n) is 6.53. The van der Waals surface area contributed by atoms with Gasteiger partial charge in [0.05, 0.1) is 30.5 Å². The van der Waals surface area contributed by atoms with E-state index in [2.05, 4.69) is 105 Å². The zero-order valence-electron chi connectivity index (χ0n) is 32.4. The summed E-state index contributed by atoms with van der Waals surface area (Å²) >= 11 is 0. The summed E-state index contributed by atoms with van der Waals surface area (Å²) in [6, 6.07) is 17.0. The number of ether oxygens (including phenoxy) is 1. The van der Waals surface area contributed by atoms with Gasteiger partial charge in [0.2, 0.25) is 0 Å². The van der Waals surface area contributed by atoms with E-state index >= 15 is 0 Å². The molecular weight excluding hydrogens is 629 g/mol. The maximum atomic E-state index is 12.3. The third-order valence-corrected chi connectivity index (χ3v) is 20.5. The number of aryl methyl sites for hydroxylation is 1. The van der Waals surface area contributed by atoms with E-state index in [9.17, 15) is 9.90 Å². The molecule has 1 fully saturated rings. The van der Waals surface area contributed by atoms with Gasteiger partial charge in [0, 0.05) is 5.92 Å². The minimum atomic E-state index is -2.07. The van der Waals surface area contributed by atoms with Crippen LogP contribution in [0.4, 0.5) is 0 Å². The van der Waals surface area contributed by atoms with Gasteiger partial charge >= 0.3 is 5.97 Å². The smallest absolute Gasteiger partial charge is 0.338 e. The van der Waals surface area contributed by atoms with Crippen LogP contribution >= 0.6 is 0 Å². The molecule has 0 bridgehead atoms. The van der Waals surface area contributed by atoms with Gasteiger partial charge in [0.25, 0.3) is 0 Å². The molecule has 2 aromatic rings. The summed E-state index contributed by atoms with van der Waals surface area (Å²) in [6.07, 6.45) is 7.61. The highest BCUT2D eigenvalue weighted by molar-refractivity contribution is 6.74. The molecular formula is C41H68O5Si2. The van der Waals surface area contributed by atoms with Gasteiger partial charge < -0.3 is 18.7 Å². The summed E-state index contributed by atoms with van der Waals surface area (Å²) in [4.78, 5) is 12.3. The van der Waals surface area contributed by atoms with Crippen molar-refractivity contribution in [3.8, 4) is 0 Å². The third kappa shape index (κ3) is 10.6. The Morgan fingerprint density at radius 2 is 1.54 bits per heavy atom. The Labute approximate surface area is 295 Å². The summed E-state index contributed by atoms with van der Waals surface area (Å²) in [5, 5.41) is 11.8. The molecule has 0 amide bonds. The lowest BCUT2D eigenvalue weighted by molar-refractivity contribution is 0.0526. The van der Waals surface area contributed by atoms with Crippen LogP contribution in [-0.4, -0.2) is 46.5 Å². The minimum Gasteiger partial charge on any atom is -0.462 e. The highest BCUT2D eigenvalue weighted by Gasteiger charge is 2.48. The van der Waals surface area contributed by atoms with E-state index in [1.807, 2.05) is 25.1 Å². The normalized spacial score (nSPS) is 21.4. The molecule has 3 rings (SSSR count). The number of hydrogen-bond donors (Lipinski definition) is 1. The van der Waals surface area contributed by atoms with E-state index in [-0.39, 0.29) is 40.1 Å². The van der Waals surface area contributed by atoms with E-state index in [1.165, 1.54) is 30.4 Å². The molecule has 0 aromatic heterocycles. The Bertz CT molecular complexity index is 1290. The maximum absolute atomic E-state index is 12.3. The van der Waals surface area contributed by atoms with E-state index < -0.39 is 22.7 Å². The Hall–Kier alpha value is -1.78. The highest BCUT2D eigenvalue weighted by atomic mass is 28.4. The Morgan fingerprint density at radius 1 is 0.896 bits per heavy atom. The van der Waals surface area contributed by atoms with Crippen molar-refractivity contribution in [1.29, 1.82) is 0 Å². The lowest BCUT2D eigenvalue weighted by atomic mass is 9.83. The van der Waals surface area contributed by atoms with Crippen LogP contribution in [0.3, 0.4) is 0 Å². The molecule has 5 atom stereocenters. The van der Waals surface area contributed by atoms with Crippen LogP contribution in [0.25, 0.3) is 0 Å². The van der Waals surface area contributed by atoms with Crippen molar-refractivity contribution >= 4 is 22.6 Å². The number of rotatable bonds is 16. The first-order chi connectivity index (χ1) is 22.3. The largest absolute Gasteiger partial charge is 0.462 e. The monoisotopic (exact) mass is 696 g/mol. The Kier molecular flexibility index (Phi) is 14.4. The van der Waals surface area contributed by atoms with Crippen LogP contribution in [0.2, 0.25) is 36.3 Å². The molecule has 48 heavy (non-hydrogen) atoms. The molecule has 270 valence electrons.